The van der Waals surface area contributed by atoms with E-state index in [9.17, 15) is 18.0 Å². The molecular weight excluding hydrogens is 401 g/mol. The van der Waals surface area contributed by atoms with Crippen molar-refractivity contribution in [3.63, 3.8) is 0 Å². The Bertz CT molecular complexity index is 825. The Morgan fingerprint density at radius 2 is 1.89 bits per heavy atom. The Hall–Kier alpha value is -2.52. The van der Waals surface area contributed by atoms with Crippen LogP contribution in [0.5, 0.6) is 11.6 Å². The van der Waals surface area contributed by atoms with Gasteiger partial charge in [0.05, 0.1) is 18.8 Å². The van der Waals surface area contributed by atoms with Crippen molar-refractivity contribution in [2.24, 2.45) is 0 Å². The fourth-order valence-corrected chi connectivity index (χ4v) is 2.74. The predicted octanol–water partition coefficient (Wildman–Crippen LogP) is 4.44. The second kappa shape index (κ2) is 8.66. The van der Waals surface area contributed by atoms with E-state index in [0.717, 1.165) is 25.0 Å². The number of nitrogens with one attached hydrogen (secondary N) is 1. The average molecular weight is 417 g/mol. The van der Waals surface area contributed by atoms with Gasteiger partial charge in [-0.3, -0.25) is 4.79 Å². The highest BCUT2D eigenvalue weighted by Gasteiger charge is 2.31. The fourth-order valence-electron chi connectivity index (χ4n) is 2.53. The molecule has 2 aromatic rings. The predicted molar refractivity (Wildman–Crippen MR) is 94.8 cm³/mol. The molecule has 0 bridgehead atoms. The highest BCUT2D eigenvalue weighted by molar-refractivity contribution is 6.32. The molecular formula is C18H16ClF3N2O4. The van der Waals surface area contributed by atoms with Crippen LogP contribution in [0.25, 0.3) is 0 Å². The summed E-state index contributed by atoms with van der Waals surface area (Å²) in [6.07, 6.45) is -2.04. The lowest BCUT2D eigenvalue weighted by molar-refractivity contribution is -0.274. The van der Waals surface area contributed by atoms with E-state index in [1.165, 1.54) is 24.4 Å². The van der Waals surface area contributed by atoms with Crippen molar-refractivity contribution in [3.8, 4) is 11.6 Å². The van der Waals surface area contributed by atoms with Crippen LogP contribution >= 0.6 is 11.6 Å². The largest absolute Gasteiger partial charge is 0.573 e. The lowest BCUT2D eigenvalue weighted by Crippen LogP contribution is -2.26. The summed E-state index contributed by atoms with van der Waals surface area (Å²) in [7, 11) is 0. The molecule has 0 atom stereocenters. The number of nitrogens with zero attached hydrogens (tertiary/aromatic N) is 1. The zero-order valence-electron chi connectivity index (χ0n) is 14.5. The first-order chi connectivity index (χ1) is 13.3. The molecule has 1 aromatic carbocycles. The first-order valence-electron chi connectivity index (χ1n) is 8.37. The number of pyridine rings is 1. The third-order valence-electron chi connectivity index (χ3n) is 3.86. The summed E-state index contributed by atoms with van der Waals surface area (Å²) in [6, 6.07) is 6.19. The molecule has 1 aliphatic rings. The molecule has 10 heteroatoms. The van der Waals surface area contributed by atoms with Gasteiger partial charge in [0.25, 0.3) is 5.91 Å². The molecule has 1 amide bonds. The molecule has 0 saturated carbocycles. The van der Waals surface area contributed by atoms with Gasteiger partial charge in [-0.25, -0.2) is 4.98 Å². The molecule has 0 aliphatic carbocycles. The minimum absolute atomic E-state index is 0.0455. The fraction of sp³-hybridized carbons (Fsp3) is 0.333. The number of benzene rings is 1. The van der Waals surface area contributed by atoms with Crippen LogP contribution in [-0.4, -0.2) is 36.6 Å². The van der Waals surface area contributed by atoms with Crippen LogP contribution in [0, 0.1) is 0 Å². The van der Waals surface area contributed by atoms with E-state index in [-0.39, 0.29) is 34.0 Å². The van der Waals surface area contributed by atoms with Crippen molar-refractivity contribution in [1.29, 1.82) is 0 Å². The van der Waals surface area contributed by atoms with Gasteiger partial charge in [-0.15, -0.1) is 13.2 Å². The van der Waals surface area contributed by atoms with Crippen molar-refractivity contribution in [1.82, 2.24) is 4.98 Å². The number of carbonyl (C=O) groups excluding carboxylic acids is 1. The number of hydrogen-bond acceptors (Lipinski definition) is 5. The SMILES string of the molecule is O=C(Nc1ccc(OC(F)(F)F)cc1)c1cnc(OC2CCOCC2)c(Cl)c1. The molecule has 0 spiro atoms. The summed E-state index contributed by atoms with van der Waals surface area (Å²) in [6.45, 7) is 1.21. The summed E-state index contributed by atoms with van der Waals surface area (Å²) in [5, 5.41) is 2.73. The normalized spacial score (nSPS) is 15.1. The lowest BCUT2D eigenvalue weighted by atomic mass is 10.1. The van der Waals surface area contributed by atoms with Gasteiger partial charge in [0.1, 0.15) is 16.9 Å². The van der Waals surface area contributed by atoms with Crippen LogP contribution < -0.4 is 14.8 Å². The monoisotopic (exact) mass is 416 g/mol. The van der Waals surface area contributed by atoms with Gasteiger partial charge in [-0.05, 0) is 30.3 Å². The van der Waals surface area contributed by atoms with Crippen LogP contribution in [0.2, 0.25) is 5.02 Å². The minimum Gasteiger partial charge on any atom is -0.473 e. The third-order valence-corrected chi connectivity index (χ3v) is 4.13. The zero-order chi connectivity index (χ0) is 20.1. The Morgan fingerprint density at radius 1 is 1.21 bits per heavy atom. The number of alkyl halides is 3. The van der Waals surface area contributed by atoms with Gasteiger partial charge in [0.2, 0.25) is 5.88 Å². The molecule has 1 fully saturated rings. The van der Waals surface area contributed by atoms with Crippen molar-refractivity contribution >= 4 is 23.2 Å². The first-order valence-corrected chi connectivity index (χ1v) is 8.75. The average Bonchev–Trinajstić information content (AvgIpc) is 2.64. The number of amides is 1. The van der Waals surface area contributed by atoms with Crippen LogP contribution in [-0.2, 0) is 4.74 Å². The van der Waals surface area contributed by atoms with Gasteiger partial charge in [0.15, 0.2) is 0 Å². The molecule has 0 radical (unpaired) electrons. The molecule has 1 aliphatic heterocycles. The van der Waals surface area contributed by atoms with Gasteiger partial charge in [-0.1, -0.05) is 11.6 Å². The summed E-state index contributed by atoms with van der Waals surface area (Å²) in [5.41, 5.74) is 0.470. The van der Waals surface area contributed by atoms with E-state index in [4.69, 9.17) is 21.1 Å². The van der Waals surface area contributed by atoms with E-state index < -0.39 is 12.3 Å². The molecule has 2 heterocycles. The number of rotatable bonds is 5. The minimum atomic E-state index is -4.78. The molecule has 0 unspecified atom stereocenters. The van der Waals surface area contributed by atoms with Crippen LogP contribution in [0.4, 0.5) is 18.9 Å². The quantitative estimate of drug-likeness (QED) is 0.780. The Labute approximate surface area is 163 Å². The van der Waals surface area contributed by atoms with E-state index in [0.29, 0.717) is 13.2 Å². The maximum absolute atomic E-state index is 12.3. The van der Waals surface area contributed by atoms with Crippen molar-refractivity contribution in [2.75, 3.05) is 18.5 Å². The second-order valence-electron chi connectivity index (χ2n) is 5.97. The van der Waals surface area contributed by atoms with E-state index in [2.05, 4.69) is 15.0 Å². The Morgan fingerprint density at radius 3 is 2.50 bits per heavy atom. The maximum atomic E-state index is 12.3. The summed E-state index contributed by atoms with van der Waals surface area (Å²) >= 11 is 6.16. The summed E-state index contributed by atoms with van der Waals surface area (Å²) in [4.78, 5) is 16.4. The number of hydrogen-bond donors (Lipinski definition) is 1. The smallest absolute Gasteiger partial charge is 0.473 e. The summed E-state index contributed by atoms with van der Waals surface area (Å²) in [5.74, 6) is -0.667. The number of halogens is 4. The van der Waals surface area contributed by atoms with Gasteiger partial charge >= 0.3 is 6.36 Å². The highest BCUT2D eigenvalue weighted by Crippen LogP contribution is 2.27. The van der Waals surface area contributed by atoms with E-state index >= 15 is 0 Å². The van der Waals surface area contributed by atoms with Crippen molar-refractivity contribution < 1.29 is 32.2 Å². The van der Waals surface area contributed by atoms with Crippen molar-refractivity contribution in [3.05, 3.63) is 47.1 Å². The zero-order valence-corrected chi connectivity index (χ0v) is 15.2. The molecule has 6 nitrogen and oxygen atoms in total. The van der Waals surface area contributed by atoms with E-state index in [1.807, 2.05) is 0 Å². The molecule has 1 N–H and O–H groups in total. The number of carbonyl (C=O) groups is 1. The highest BCUT2D eigenvalue weighted by atomic mass is 35.5. The van der Waals surface area contributed by atoms with Crippen LogP contribution in [0.3, 0.4) is 0 Å². The number of ether oxygens (including phenoxy) is 3. The second-order valence-corrected chi connectivity index (χ2v) is 6.37. The molecule has 150 valence electrons. The lowest BCUT2D eigenvalue weighted by Gasteiger charge is -2.23. The molecule has 1 aromatic heterocycles. The van der Waals surface area contributed by atoms with Gasteiger partial charge in [-0.2, -0.15) is 0 Å². The van der Waals surface area contributed by atoms with E-state index in [1.54, 1.807) is 0 Å². The van der Waals surface area contributed by atoms with Crippen LogP contribution in [0.1, 0.15) is 23.2 Å². The maximum Gasteiger partial charge on any atom is 0.573 e. The topological polar surface area (TPSA) is 69.7 Å². The van der Waals surface area contributed by atoms with Crippen LogP contribution in [0.15, 0.2) is 36.5 Å². The molecule has 1 saturated heterocycles. The van der Waals surface area contributed by atoms with Crippen molar-refractivity contribution in [2.45, 2.75) is 25.3 Å². The van der Waals surface area contributed by atoms with Gasteiger partial charge in [0, 0.05) is 24.7 Å². The molecule has 28 heavy (non-hydrogen) atoms. The number of anilines is 1. The Balaban J connectivity index is 1.61. The molecule has 3 rings (SSSR count). The first kappa shape index (κ1) is 20.2. The summed E-state index contributed by atoms with van der Waals surface area (Å²) < 4.78 is 51.3. The standard InChI is InChI=1S/C18H16ClF3N2O4/c19-15-9-11(10-23-17(15)27-13-5-7-26-8-6-13)16(25)24-12-1-3-14(4-2-12)28-18(20,21)22/h1-4,9-10,13H,5-8H2,(H,24,25). The Kier molecular flexibility index (Phi) is 6.25. The third kappa shape index (κ3) is 5.74. The van der Waals surface area contributed by atoms with Gasteiger partial charge < -0.3 is 19.5 Å². The number of aromatic nitrogens is 1.